The second-order valence-corrected chi connectivity index (χ2v) is 9.05. The van der Waals surface area contributed by atoms with Gasteiger partial charge in [0.05, 0.1) is 4.90 Å². The molecule has 138 valence electrons. The lowest BCUT2D eigenvalue weighted by Crippen LogP contribution is -2.43. The van der Waals surface area contributed by atoms with Gasteiger partial charge in [0.2, 0.25) is 10.0 Å². The molecule has 1 saturated carbocycles. The van der Waals surface area contributed by atoms with Crippen molar-refractivity contribution in [3.05, 3.63) is 29.8 Å². The molecule has 1 aliphatic heterocycles. The fourth-order valence-corrected chi connectivity index (χ4v) is 5.78. The van der Waals surface area contributed by atoms with Crippen molar-refractivity contribution >= 4 is 15.9 Å². The van der Waals surface area contributed by atoms with Gasteiger partial charge in [-0.2, -0.15) is 4.31 Å². The van der Waals surface area contributed by atoms with E-state index in [1.165, 1.54) is 6.07 Å². The molecule has 1 aromatic carbocycles. The molecule has 0 radical (unpaired) electrons. The number of nitrogens with one attached hydrogen (secondary N) is 1. The van der Waals surface area contributed by atoms with Crippen molar-refractivity contribution in [2.24, 2.45) is 0 Å². The molecule has 2 fully saturated rings. The minimum Gasteiger partial charge on any atom is -0.349 e. The molecule has 5 nitrogen and oxygen atoms in total. The number of amides is 1. The standard InChI is InChI=1S/C19H28N2O3S/c1-2-17-11-5-6-13-21(17)25(23,24)18-12-7-8-15(14-18)19(22)20-16-9-3-4-10-16/h7-8,12,14,16-17H,2-6,9-11,13H2,1H3,(H,20,22). The van der Waals surface area contributed by atoms with Crippen LogP contribution in [0.15, 0.2) is 29.2 Å². The van der Waals surface area contributed by atoms with Crippen LogP contribution < -0.4 is 5.32 Å². The molecule has 0 spiro atoms. The highest BCUT2D eigenvalue weighted by molar-refractivity contribution is 7.89. The molecule has 1 amide bonds. The summed E-state index contributed by atoms with van der Waals surface area (Å²) in [6.07, 6.45) is 8.02. The Morgan fingerprint density at radius 3 is 2.60 bits per heavy atom. The van der Waals surface area contributed by atoms with Gasteiger partial charge >= 0.3 is 0 Å². The van der Waals surface area contributed by atoms with Crippen LogP contribution in [0.4, 0.5) is 0 Å². The second-order valence-electron chi connectivity index (χ2n) is 7.16. The predicted octanol–water partition coefficient (Wildman–Crippen LogP) is 3.31. The summed E-state index contributed by atoms with van der Waals surface area (Å²) >= 11 is 0. The molecule has 1 heterocycles. The van der Waals surface area contributed by atoms with Crippen LogP contribution in [0.3, 0.4) is 0 Å². The number of benzene rings is 1. The van der Waals surface area contributed by atoms with E-state index < -0.39 is 10.0 Å². The van der Waals surface area contributed by atoms with E-state index in [1.807, 2.05) is 6.92 Å². The molecular formula is C19H28N2O3S. The van der Waals surface area contributed by atoms with Crippen molar-refractivity contribution in [3.63, 3.8) is 0 Å². The highest BCUT2D eigenvalue weighted by Gasteiger charge is 2.32. The first-order valence-electron chi connectivity index (χ1n) is 9.45. The minimum atomic E-state index is -3.55. The molecule has 2 aliphatic rings. The van der Waals surface area contributed by atoms with Gasteiger partial charge in [-0.25, -0.2) is 8.42 Å². The predicted molar refractivity (Wildman–Crippen MR) is 98.0 cm³/mol. The molecular weight excluding hydrogens is 336 g/mol. The van der Waals surface area contributed by atoms with Crippen molar-refractivity contribution in [2.75, 3.05) is 6.54 Å². The number of rotatable bonds is 5. The van der Waals surface area contributed by atoms with E-state index in [-0.39, 0.29) is 22.9 Å². The van der Waals surface area contributed by atoms with Gasteiger partial charge in [-0.05, 0) is 50.3 Å². The van der Waals surface area contributed by atoms with Crippen LogP contribution in [0, 0.1) is 0 Å². The minimum absolute atomic E-state index is 0.0646. The van der Waals surface area contributed by atoms with E-state index in [0.717, 1.165) is 51.4 Å². The summed E-state index contributed by atoms with van der Waals surface area (Å²) < 4.78 is 27.8. The van der Waals surface area contributed by atoms with Gasteiger partial charge < -0.3 is 5.32 Å². The molecule has 0 aromatic heterocycles. The van der Waals surface area contributed by atoms with E-state index in [9.17, 15) is 13.2 Å². The molecule has 1 unspecified atom stereocenters. The van der Waals surface area contributed by atoms with Gasteiger partial charge in [0.15, 0.2) is 0 Å². The Bertz CT molecular complexity index is 711. The third kappa shape index (κ3) is 4.06. The van der Waals surface area contributed by atoms with Gasteiger partial charge in [-0.3, -0.25) is 4.79 Å². The smallest absolute Gasteiger partial charge is 0.251 e. The van der Waals surface area contributed by atoms with Crippen molar-refractivity contribution in [3.8, 4) is 0 Å². The van der Waals surface area contributed by atoms with Gasteiger partial charge in [0.25, 0.3) is 5.91 Å². The maximum atomic E-state index is 13.1. The second kappa shape index (κ2) is 7.87. The van der Waals surface area contributed by atoms with E-state index in [2.05, 4.69) is 5.32 Å². The summed E-state index contributed by atoms with van der Waals surface area (Å²) in [5.41, 5.74) is 0.429. The Labute approximate surface area is 150 Å². The van der Waals surface area contributed by atoms with Crippen LogP contribution in [0.1, 0.15) is 68.6 Å². The maximum absolute atomic E-state index is 13.1. The highest BCUT2D eigenvalue weighted by Crippen LogP contribution is 2.27. The summed E-state index contributed by atoms with van der Waals surface area (Å²) in [5, 5.41) is 3.03. The van der Waals surface area contributed by atoms with E-state index in [4.69, 9.17) is 0 Å². The lowest BCUT2D eigenvalue weighted by molar-refractivity contribution is 0.0937. The van der Waals surface area contributed by atoms with Gasteiger partial charge in [0.1, 0.15) is 0 Å². The van der Waals surface area contributed by atoms with E-state index in [1.54, 1.807) is 22.5 Å². The van der Waals surface area contributed by atoms with Crippen molar-refractivity contribution in [2.45, 2.75) is 75.3 Å². The SMILES string of the molecule is CCC1CCCCN1S(=O)(=O)c1cccc(C(=O)NC2CCCC2)c1. The quantitative estimate of drug-likeness (QED) is 0.872. The molecule has 1 aliphatic carbocycles. The number of nitrogens with zero attached hydrogens (tertiary/aromatic N) is 1. The van der Waals surface area contributed by atoms with Gasteiger partial charge in [-0.15, -0.1) is 0 Å². The third-order valence-corrected chi connectivity index (χ3v) is 7.39. The largest absolute Gasteiger partial charge is 0.349 e. The Balaban J connectivity index is 1.80. The maximum Gasteiger partial charge on any atom is 0.251 e. The Morgan fingerprint density at radius 2 is 1.88 bits per heavy atom. The Morgan fingerprint density at radius 1 is 1.16 bits per heavy atom. The Hall–Kier alpha value is -1.40. The zero-order chi connectivity index (χ0) is 17.9. The molecule has 3 rings (SSSR count). The Kier molecular flexibility index (Phi) is 5.79. The third-order valence-electron chi connectivity index (χ3n) is 5.44. The van der Waals surface area contributed by atoms with Crippen LogP contribution in [0.25, 0.3) is 0 Å². The number of carbonyl (C=O) groups is 1. The fourth-order valence-electron chi connectivity index (χ4n) is 3.97. The zero-order valence-electron chi connectivity index (χ0n) is 14.9. The lowest BCUT2D eigenvalue weighted by Gasteiger charge is -2.34. The average Bonchev–Trinajstić information content (AvgIpc) is 3.14. The molecule has 1 atom stereocenters. The lowest BCUT2D eigenvalue weighted by atomic mass is 10.0. The van der Waals surface area contributed by atoms with Crippen LogP contribution in [-0.4, -0.2) is 37.3 Å². The topological polar surface area (TPSA) is 66.5 Å². The molecule has 1 N–H and O–H groups in total. The van der Waals surface area contributed by atoms with Crippen LogP contribution in [0.5, 0.6) is 0 Å². The number of carbonyl (C=O) groups excluding carboxylic acids is 1. The summed E-state index contributed by atoms with van der Waals surface area (Å²) in [6.45, 7) is 2.60. The molecule has 6 heteroatoms. The highest BCUT2D eigenvalue weighted by atomic mass is 32.2. The van der Waals surface area contributed by atoms with Crippen LogP contribution in [-0.2, 0) is 10.0 Å². The van der Waals surface area contributed by atoms with Gasteiger partial charge in [0, 0.05) is 24.2 Å². The van der Waals surface area contributed by atoms with Crippen LogP contribution in [0.2, 0.25) is 0 Å². The monoisotopic (exact) mass is 364 g/mol. The van der Waals surface area contributed by atoms with Crippen molar-refractivity contribution in [1.29, 1.82) is 0 Å². The van der Waals surface area contributed by atoms with Crippen molar-refractivity contribution in [1.82, 2.24) is 9.62 Å². The molecule has 1 aromatic rings. The van der Waals surface area contributed by atoms with Crippen molar-refractivity contribution < 1.29 is 13.2 Å². The first-order valence-corrected chi connectivity index (χ1v) is 10.9. The first-order chi connectivity index (χ1) is 12.0. The van der Waals surface area contributed by atoms with Crippen LogP contribution >= 0.6 is 0 Å². The first kappa shape index (κ1) is 18.4. The zero-order valence-corrected chi connectivity index (χ0v) is 15.7. The van der Waals surface area contributed by atoms with Gasteiger partial charge in [-0.1, -0.05) is 32.3 Å². The number of hydrogen-bond acceptors (Lipinski definition) is 3. The number of sulfonamides is 1. The normalized spacial score (nSPS) is 22.8. The number of piperidine rings is 1. The fraction of sp³-hybridized carbons (Fsp3) is 0.632. The molecule has 25 heavy (non-hydrogen) atoms. The summed E-state index contributed by atoms with van der Waals surface area (Å²) in [7, 11) is -3.55. The summed E-state index contributed by atoms with van der Waals surface area (Å²) in [5.74, 6) is -0.172. The molecule has 1 saturated heterocycles. The van der Waals surface area contributed by atoms with E-state index in [0.29, 0.717) is 12.1 Å². The summed E-state index contributed by atoms with van der Waals surface area (Å²) in [6, 6.07) is 6.77. The molecule has 0 bridgehead atoms. The van der Waals surface area contributed by atoms with E-state index >= 15 is 0 Å². The summed E-state index contributed by atoms with van der Waals surface area (Å²) in [4.78, 5) is 12.7. The average molecular weight is 365 g/mol. The number of hydrogen-bond donors (Lipinski definition) is 1.